The van der Waals surface area contributed by atoms with Crippen LogP contribution in [0.25, 0.3) is 10.8 Å². The van der Waals surface area contributed by atoms with E-state index in [0.717, 1.165) is 35.7 Å². The smallest absolute Gasteiger partial charge is 0.267 e. The van der Waals surface area contributed by atoms with Crippen LogP contribution < -0.4 is 5.56 Å². The molecule has 1 aromatic carbocycles. The molecule has 0 fully saturated rings. The second-order valence-corrected chi connectivity index (χ2v) is 5.23. The van der Waals surface area contributed by atoms with Crippen molar-refractivity contribution in [1.29, 1.82) is 0 Å². The van der Waals surface area contributed by atoms with Gasteiger partial charge < -0.3 is 0 Å². The minimum absolute atomic E-state index is 0.0253. The number of rotatable bonds is 4. The summed E-state index contributed by atoms with van der Waals surface area (Å²) in [6.45, 7) is 0.620. The molecule has 0 N–H and O–H groups in total. The summed E-state index contributed by atoms with van der Waals surface area (Å²) < 4.78 is 1.54. The highest BCUT2D eigenvalue weighted by Crippen LogP contribution is 2.07. The number of unbranched alkanes of at least 4 members (excludes halogenated alkanes) is 2. The molecule has 2 heterocycles. The van der Waals surface area contributed by atoms with E-state index >= 15 is 0 Å². The molecule has 0 unspecified atom stereocenters. The first-order valence-corrected chi connectivity index (χ1v) is 7.69. The number of benzene rings is 1. The zero-order valence-corrected chi connectivity index (χ0v) is 12.8. The fraction of sp³-hybridized carbons (Fsp3) is 0.211. The Morgan fingerprint density at radius 3 is 2.78 bits per heavy atom. The molecule has 4 heteroatoms. The van der Waals surface area contributed by atoms with Crippen molar-refractivity contribution in [2.75, 3.05) is 0 Å². The topological polar surface area (TPSA) is 47.8 Å². The summed E-state index contributed by atoms with van der Waals surface area (Å²) in [6, 6.07) is 13.2. The number of pyridine rings is 1. The summed E-state index contributed by atoms with van der Waals surface area (Å²) in [5.41, 5.74) is 0.766. The van der Waals surface area contributed by atoms with Crippen LogP contribution in [0, 0.1) is 11.8 Å². The third-order valence-electron chi connectivity index (χ3n) is 3.56. The second-order valence-electron chi connectivity index (χ2n) is 5.23. The van der Waals surface area contributed by atoms with Crippen LogP contribution in [0.15, 0.2) is 59.7 Å². The van der Waals surface area contributed by atoms with Gasteiger partial charge in [0, 0.05) is 24.5 Å². The largest absolute Gasteiger partial charge is 0.274 e. The lowest BCUT2D eigenvalue weighted by molar-refractivity contribution is 0.540. The third-order valence-corrected chi connectivity index (χ3v) is 3.56. The van der Waals surface area contributed by atoms with Crippen LogP contribution in [0.4, 0.5) is 0 Å². The summed E-state index contributed by atoms with van der Waals surface area (Å²) in [4.78, 5) is 16.5. The molecule has 0 atom stereocenters. The van der Waals surface area contributed by atoms with E-state index in [2.05, 4.69) is 21.9 Å². The lowest BCUT2D eigenvalue weighted by Gasteiger charge is -2.04. The van der Waals surface area contributed by atoms with E-state index in [4.69, 9.17) is 0 Å². The Balaban J connectivity index is 1.54. The molecule has 23 heavy (non-hydrogen) atoms. The van der Waals surface area contributed by atoms with Crippen molar-refractivity contribution >= 4 is 10.8 Å². The predicted octanol–water partition coefficient (Wildman–Crippen LogP) is 3.01. The molecule has 0 saturated heterocycles. The Morgan fingerprint density at radius 1 is 1.04 bits per heavy atom. The van der Waals surface area contributed by atoms with Crippen molar-refractivity contribution < 1.29 is 0 Å². The first-order valence-electron chi connectivity index (χ1n) is 7.69. The van der Waals surface area contributed by atoms with Crippen molar-refractivity contribution in [3.8, 4) is 11.8 Å². The normalized spacial score (nSPS) is 10.3. The number of nitrogens with zero attached hydrogens (tertiary/aromatic N) is 3. The molecule has 3 aromatic rings. The van der Waals surface area contributed by atoms with E-state index in [9.17, 15) is 4.79 Å². The number of aromatic nitrogens is 3. The van der Waals surface area contributed by atoms with Gasteiger partial charge in [-0.25, -0.2) is 9.67 Å². The van der Waals surface area contributed by atoms with Gasteiger partial charge in [-0.05, 0) is 37.0 Å². The fourth-order valence-electron chi connectivity index (χ4n) is 2.35. The Labute approximate surface area is 134 Å². The maximum atomic E-state index is 12.3. The molecule has 0 bridgehead atoms. The lowest BCUT2D eigenvalue weighted by Crippen LogP contribution is -2.22. The monoisotopic (exact) mass is 303 g/mol. The van der Waals surface area contributed by atoms with Gasteiger partial charge >= 0.3 is 0 Å². The molecule has 0 amide bonds. The van der Waals surface area contributed by atoms with E-state index in [1.54, 1.807) is 12.4 Å². The van der Waals surface area contributed by atoms with Crippen molar-refractivity contribution in [3.05, 3.63) is 70.9 Å². The first-order chi connectivity index (χ1) is 11.3. The van der Waals surface area contributed by atoms with Gasteiger partial charge in [-0.2, -0.15) is 5.10 Å². The van der Waals surface area contributed by atoms with Gasteiger partial charge in [0.1, 0.15) is 5.69 Å². The average Bonchev–Trinajstić information content (AvgIpc) is 2.61. The van der Waals surface area contributed by atoms with Crippen LogP contribution in [0.2, 0.25) is 0 Å². The van der Waals surface area contributed by atoms with E-state index < -0.39 is 0 Å². The van der Waals surface area contributed by atoms with Crippen molar-refractivity contribution in [3.63, 3.8) is 0 Å². The molecule has 3 rings (SSSR count). The second kappa shape index (κ2) is 7.37. The molecule has 2 aromatic heterocycles. The molecule has 0 spiro atoms. The number of hydrogen-bond acceptors (Lipinski definition) is 3. The number of fused-ring (bicyclic) bond motifs is 1. The van der Waals surface area contributed by atoms with E-state index in [1.807, 2.05) is 42.5 Å². The van der Waals surface area contributed by atoms with E-state index in [0.29, 0.717) is 6.54 Å². The van der Waals surface area contributed by atoms with Crippen LogP contribution in [-0.4, -0.2) is 14.8 Å². The minimum atomic E-state index is -0.0253. The lowest BCUT2D eigenvalue weighted by atomic mass is 10.2. The van der Waals surface area contributed by atoms with Gasteiger partial charge in [0.15, 0.2) is 0 Å². The summed E-state index contributed by atoms with van der Waals surface area (Å²) in [7, 11) is 0. The van der Waals surface area contributed by atoms with Gasteiger partial charge in [0.05, 0.1) is 11.6 Å². The molecule has 0 aliphatic rings. The highest BCUT2D eigenvalue weighted by Gasteiger charge is 2.02. The third kappa shape index (κ3) is 3.83. The predicted molar refractivity (Wildman–Crippen MR) is 91.0 cm³/mol. The molecular formula is C19H17N3O. The van der Waals surface area contributed by atoms with Crippen LogP contribution in [-0.2, 0) is 6.54 Å². The molecule has 4 nitrogen and oxygen atoms in total. The van der Waals surface area contributed by atoms with Gasteiger partial charge in [-0.1, -0.05) is 30.2 Å². The van der Waals surface area contributed by atoms with Crippen molar-refractivity contribution in [1.82, 2.24) is 14.8 Å². The summed E-state index contributed by atoms with van der Waals surface area (Å²) in [5.74, 6) is 6.15. The standard InChI is InChI=1S/C19H17N3O/c23-19-18-12-5-4-9-16(18)15-21-22(19)14-8-2-1-3-10-17-11-6-7-13-20-17/h4-7,9,11-13,15H,1-2,8,14H2. The van der Waals surface area contributed by atoms with Gasteiger partial charge in [-0.3, -0.25) is 4.79 Å². The Bertz CT molecular complexity index is 904. The zero-order valence-electron chi connectivity index (χ0n) is 12.8. The van der Waals surface area contributed by atoms with Crippen LogP contribution in [0.1, 0.15) is 25.0 Å². The molecule has 0 aliphatic carbocycles. The van der Waals surface area contributed by atoms with E-state index in [-0.39, 0.29) is 5.56 Å². The van der Waals surface area contributed by atoms with Gasteiger partial charge in [-0.15, -0.1) is 0 Å². The van der Waals surface area contributed by atoms with Crippen LogP contribution in [0.5, 0.6) is 0 Å². The van der Waals surface area contributed by atoms with Crippen molar-refractivity contribution in [2.24, 2.45) is 0 Å². The van der Waals surface area contributed by atoms with Crippen molar-refractivity contribution in [2.45, 2.75) is 25.8 Å². The Morgan fingerprint density at radius 2 is 1.91 bits per heavy atom. The van der Waals surface area contributed by atoms with Crippen LogP contribution >= 0.6 is 0 Å². The maximum Gasteiger partial charge on any atom is 0.274 e. The quantitative estimate of drug-likeness (QED) is 0.550. The highest BCUT2D eigenvalue weighted by atomic mass is 16.1. The highest BCUT2D eigenvalue weighted by molar-refractivity contribution is 5.80. The average molecular weight is 303 g/mol. The number of hydrogen-bond donors (Lipinski definition) is 0. The molecule has 0 saturated carbocycles. The fourth-order valence-corrected chi connectivity index (χ4v) is 2.35. The molecular weight excluding hydrogens is 286 g/mol. The molecule has 114 valence electrons. The first kappa shape index (κ1) is 15.0. The van der Waals surface area contributed by atoms with Gasteiger partial charge in [0.2, 0.25) is 0 Å². The summed E-state index contributed by atoms with van der Waals surface area (Å²) >= 11 is 0. The molecule has 0 aliphatic heterocycles. The summed E-state index contributed by atoms with van der Waals surface area (Å²) in [5, 5.41) is 5.83. The van der Waals surface area contributed by atoms with E-state index in [1.165, 1.54) is 4.68 Å². The SMILES string of the molecule is O=c1c2ccccc2cnn1CCCCC#Cc1ccccn1. The minimum Gasteiger partial charge on any atom is -0.267 e. The summed E-state index contributed by atoms with van der Waals surface area (Å²) in [6.07, 6.45) is 6.08. The maximum absolute atomic E-state index is 12.3. The number of aryl methyl sites for hydroxylation is 1. The Kier molecular flexibility index (Phi) is 4.80. The van der Waals surface area contributed by atoms with Gasteiger partial charge in [0.25, 0.3) is 5.56 Å². The Hall–Kier alpha value is -2.93. The van der Waals surface area contributed by atoms with Crippen LogP contribution in [0.3, 0.4) is 0 Å². The zero-order chi connectivity index (χ0) is 15.9. The molecule has 0 radical (unpaired) electrons.